The molecular weight excluding hydrogens is 883 g/mol. The first-order chi connectivity index (χ1) is 32.6. The van der Waals surface area contributed by atoms with E-state index in [2.05, 4.69) is 181 Å². The molecule has 422 valence electrons. The third kappa shape index (κ3) is 27.3. The number of hydrogen-bond acceptors (Lipinski definition) is 5. The van der Waals surface area contributed by atoms with E-state index in [1.807, 2.05) is 13.1 Å². The van der Waals surface area contributed by atoms with E-state index in [1.165, 1.54) is 119 Å². The van der Waals surface area contributed by atoms with Gasteiger partial charge in [0, 0.05) is 24.1 Å². The van der Waals surface area contributed by atoms with Crippen LogP contribution in [0.4, 0.5) is 0 Å². The third-order valence-electron chi connectivity index (χ3n) is 17.4. The van der Waals surface area contributed by atoms with Crippen LogP contribution in [-0.2, 0) is 9.53 Å². The Bertz CT molecular complexity index is 1700. The van der Waals surface area contributed by atoms with Crippen LogP contribution in [0.3, 0.4) is 0 Å². The minimum absolute atomic E-state index is 0.0603. The maximum absolute atomic E-state index is 11.0. The molecule has 6 heteroatoms. The summed E-state index contributed by atoms with van der Waals surface area (Å²) in [5.41, 5.74) is 8.60. The number of nitrogens with zero attached hydrogens (tertiary/aromatic N) is 3. The molecule has 0 radical (unpaired) electrons. The lowest BCUT2D eigenvalue weighted by atomic mass is 9.63. The summed E-state index contributed by atoms with van der Waals surface area (Å²) in [7, 11) is 0. The molecule has 4 saturated carbocycles. The van der Waals surface area contributed by atoms with Gasteiger partial charge in [0.25, 0.3) is 0 Å². The molecule has 2 heterocycles. The molecular formula is C66H125N3O3. The number of carboxylic acids is 1. The van der Waals surface area contributed by atoms with Gasteiger partial charge < -0.3 is 9.84 Å². The van der Waals surface area contributed by atoms with Crippen molar-refractivity contribution in [2.75, 3.05) is 6.54 Å². The summed E-state index contributed by atoms with van der Waals surface area (Å²) in [5.74, 6) is 1.70. The highest BCUT2D eigenvalue weighted by atomic mass is 16.5. The van der Waals surface area contributed by atoms with E-state index in [-0.39, 0.29) is 11.0 Å². The van der Waals surface area contributed by atoms with E-state index in [0.29, 0.717) is 33.7 Å². The molecule has 2 aliphatic heterocycles. The molecule has 4 aliphatic carbocycles. The molecule has 6 nitrogen and oxygen atoms in total. The fourth-order valence-corrected chi connectivity index (χ4v) is 11.0. The smallest absolute Gasteiger partial charge is 0.309 e. The first-order valence-electron chi connectivity index (χ1n) is 29.8. The molecule has 3 unspecified atom stereocenters. The van der Waals surface area contributed by atoms with E-state index < -0.39 is 11.4 Å². The average molecular weight is 1010 g/mol. The van der Waals surface area contributed by atoms with Gasteiger partial charge in [-0.25, -0.2) is 0 Å². The van der Waals surface area contributed by atoms with E-state index >= 15 is 0 Å². The van der Waals surface area contributed by atoms with Gasteiger partial charge in [0.1, 0.15) is 0 Å². The highest BCUT2D eigenvalue weighted by Crippen LogP contribution is 2.51. The van der Waals surface area contributed by atoms with Gasteiger partial charge in [0.15, 0.2) is 0 Å². The van der Waals surface area contributed by atoms with Crippen LogP contribution >= 0.6 is 0 Å². The Morgan fingerprint density at radius 2 is 1.28 bits per heavy atom. The Balaban J connectivity index is 0.000000434. The first kappa shape index (κ1) is 68.2. The van der Waals surface area contributed by atoms with Crippen molar-refractivity contribution >= 4 is 23.6 Å². The fourth-order valence-electron chi connectivity index (χ4n) is 11.0. The Kier molecular flexibility index (Phi) is 27.0. The zero-order valence-corrected chi connectivity index (χ0v) is 53.0. The number of aliphatic imine (C=N–C) groups is 1. The van der Waals surface area contributed by atoms with Crippen LogP contribution in [-0.4, -0.2) is 47.0 Å². The summed E-state index contributed by atoms with van der Waals surface area (Å²) in [6.07, 6.45) is 29.9. The zero-order valence-electron chi connectivity index (χ0n) is 53.0. The van der Waals surface area contributed by atoms with Gasteiger partial charge in [-0.1, -0.05) is 164 Å². The van der Waals surface area contributed by atoms with Crippen molar-refractivity contribution in [3.8, 4) is 0 Å². The number of allylic oxidation sites excluding steroid dienone is 1. The van der Waals surface area contributed by atoms with Gasteiger partial charge in [-0.15, -0.1) is 0 Å². The van der Waals surface area contributed by atoms with Crippen molar-refractivity contribution in [2.45, 2.75) is 320 Å². The Morgan fingerprint density at radius 3 is 1.58 bits per heavy atom. The molecule has 0 saturated heterocycles. The van der Waals surface area contributed by atoms with Crippen LogP contribution < -0.4 is 0 Å². The lowest BCUT2D eigenvalue weighted by Crippen LogP contribution is -2.36. The van der Waals surface area contributed by atoms with E-state index in [9.17, 15) is 4.79 Å². The number of rotatable bonds is 12. The van der Waals surface area contributed by atoms with Gasteiger partial charge >= 0.3 is 5.97 Å². The van der Waals surface area contributed by atoms with Crippen molar-refractivity contribution in [3.63, 3.8) is 0 Å². The van der Waals surface area contributed by atoms with E-state index in [1.54, 1.807) is 0 Å². The monoisotopic (exact) mass is 1010 g/mol. The van der Waals surface area contributed by atoms with Gasteiger partial charge in [-0.3, -0.25) is 9.79 Å². The molecule has 0 bridgehead atoms. The minimum atomic E-state index is -0.626. The third-order valence-corrected chi connectivity index (χ3v) is 17.4. The van der Waals surface area contributed by atoms with Crippen LogP contribution in [0.2, 0.25) is 0 Å². The van der Waals surface area contributed by atoms with Crippen LogP contribution in [0.5, 0.6) is 0 Å². The number of hydrogen-bond donors (Lipinski definition) is 1. The SMILES string of the molecule is CC(C)(C)CC1=NN=CC1.CC1(C(=O)O)CCC(C(C)(C)C)C1.CC1=NCC(C)=C1CC(C)(C)C.CC1CC(OC(C)(C)C)C1.CCC1(CCC(C)C(C)(C)C)CCC1.CCC1(CCCC(C)(C)C)CCC1. The fraction of sp³-hybridized carbons (Fsp3) is 0.909. The minimum Gasteiger partial charge on any atom is -0.481 e. The molecule has 0 amide bonds. The second-order valence-electron chi connectivity index (χ2n) is 31.5. The molecule has 6 aliphatic rings. The predicted octanol–water partition coefficient (Wildman–Crippen LogP) is 20.8. The van der Waals surface area contributed by atoms with Gasteiger partial charge in [-0.2, -0.15) is 10.2 Å². The molecule has 3 atom stereocenters. The topological polar surface area (TPSA) is 83.6 Å². The highest BCUT2D eigenvalue weighted by Gasteiger charge is 2.45. The summed E-state index contributed by atoms with van der Waals surface area (Å²) in [4.78, 5) is 15.4. The average Bonchev–Trinajstić information content (AvgIpc) is 3.92. The lowest BCUT2D eigenvalue weighted by molar-refractivity contribution is -0.147. The summed E-state index contributed by atoms with van der Waals surface area (Å²) < 4.78 is 5.74. The number of carboxylic acid groups (broad SMARTS) is 1. The largest absolute Gasteiger partial charge is 0.481 e. The molecule has 0 aromatic carbocycles. The molecule has 0 aromatic rings. The molecule has 6 rings (SSSR count). The second-order valence-corrected chi connectivity index (χ2v) is 31.5. The Labute approximate surface area is 449 Å². The second kappa shape index (κ2) is 28.5. The van der Waals surface area contributed by atoms with Gasteiger partial charge in [0.2, 0.25) is 0 Å². The Morgan fingerprint density at radius 1 is 0.764 bits per heavy atom. The molecule has 4 fully saturated rings. The molecule has 0 aromatic heterocycles. The predicted molar refractivity (Wildman–Crippen MR) is 319 cm³/mol. The van der Waals surface area contributed by atoms with Crippen LogP contribution in [0.15, 0.2) is 26.3 Å². The van der Waals surface area contributed by atoms with Gasteiger partial charge in [-0.05, 0) is 205 Å². The standard InChI is InChI=1S/C14H28.C13H26.C11H19N.C11H20O2.C9H18O.C8H14N2/c1-6-14(9-7-10-14)11-8-12(2)13(3,4)5;1-5-13(10-7-11-13)9-6-8-12(2,3)4;1-8-7-12-9(2)10(8)6-11(3,4)5;1-10(2,3)8-5-6-11(4,7-8)9(12)13;1-7-5-8(6-7)10-9(2,3)4;1-8(2,3)6-7-4-5-9-10-7/h12H,6-11H2,1-5H3;5-11H2,1-4H3;6-7H2,1-5H3;8H,5-7H2,1-4H3,(H,12,13);7-8H,5-6H2,1-4H3;5H,4,6H2,1-3H3. The Hall–Kier alpha value is -1.82. The van der Waals surface area contributed by atoms with Crippen LogP contribution in [0, 0.1) is 61.1 Å². The molecule has 1 N–H and O–H groups in total. The quantitative estimate of drug-likeness (QED) is 0.211. The molecule has 72 heavy (non-hydrogen) atoms. The lowest BCUT2D eigenvalue weighted by Gasteiger charge is -2.43. The normalized spacial score (nSPS) is 24.8. The zero-order chi connectivity index (χ0) is 55.8. The van der Waals surface area contributed by atoms with Crippen molar-refractivity contribution in [1.29, 1.82) is 0 Å². The van der Waals surface area contributed by atoms with Crippen molar-refractivity contribution in [1.82, 2.24) is 0 Å². The maximum Gasteiger partial charge on any atom is 0.309 e. The first-order valence-corrected chi connectivity index (χ1v) is 29.8. The van der Waals surface area contributed by atoms with Gasteiger partial charge in [0.05, 0.1) is 23.7 Å². The van der Waals surface area contributed by atoms with Crippen LogP contribution in [0.1, 0.15) is 308 Å². The summed E-state index contributed by atoms with van der Waals surface area (Å²) in [6, 6.07) is 0. The van der Waals surface area contributed by atoms with Crippen molar-refractivity contribution < 1.29 is 14.6 Å². The highest BCUT2D eigenvalue weighted by molar-refractivity contribution is 6.01. The van der Waals surface area contributed by atoms with E-state index in [4.69, 9.17) is 9.84 Å². The van der Waals surface area contributed by atoms with Crippen molar-refractivity contribution in [3.05, 3.63) is 11.1 Å². The summed E-state index contributed by atoms with van der Waals surface area (Å²) in [6.45, 7) is 57.2. The number of aliphatic carboxylic acids is 1. The summed E-state index contributed by atoms with van der Waals surface area (Å²) >= 11 is 0. The van der Waals surface area contributed by atoms with Crippen molar-refractivity contribution in [2.24, 2.45) is 76.3 Å². The summed E-state index contributed by atoms with van der Waals surface area (Å²) in [5, 5.41) is 16.9. The van der Waals surface area contributed by atoms with E-state index in [0.717, 1.165) is 67.7 Å². The number of ether oxygens (including phenoxy) is 1. The maximum atomic E-state index is 11.0. The van der Waals surface area contributed by atoms with Crippen LogP contribution in [0.25, 0.3) is 0 Å². The molecule has 0 spiro atoms. The number of carbonyl (C=O) groups is 1.